The van der Waals surface area contributed by atoms with E-state index in [1.807, 2.05) is 0 Å². The zero-order chi connectivity index (χ0) is 11.7. The van der Waals surface area contributed by atoms with Gasteiger partial charge in [0.1, 0.15) is 0 Å². The maximum atomic E-state index is 11.6. The molecule has 0 bridgehead atoms. The summed E-state index contributed by atoms with van der Waals surface area (Å²) in [6.07, 6.45) is 1.90. The van der Waals surface area contributed by atoms with Crippen LogP contribution in [0.5, 0.6) is 0 Å². The Bertz CT molecular complexity index is 490. The molecule has 6 nitrogen and oxygen atoms in total. The second-order valence-electron chi connectivity index (χ2n) is 4.01. The van der Waals surface area contributed by atoms with Crippen molar-refractivity contribution in [2.75, 3.05) is 13.2 Å². The fourth-order valence-corrected chi connectivity index (χ4v) is 1.87. The number of aliphatic hydroxyl groups excluding tert-OH is 1. The molecule has 16 heavy (non-hydrogen) atoms. The van der Waals surface area contributed by atoms with E-state index in [0.717, 1.165) is 0 Å². The van der Waals surface area contributed by atoms with Crippen molar-refractivity contribution in [3.05, 3.63) is 32.6 Å². The molecule has 0 amide bonds. The summed E-state index contributed by atoms with van der Waals surface area (Å²) in [7, 11) is 0. The first-order valence-electron chi connectivity index (χ1n) is 5.16. The predicted octanol–water partition coefficient (Wildman–Crippen LogP) is -0.833. The summed E-state index contributed by atoms with van der Waals surface area (Å²) < 4.78 is 6.76. The van der Waals surface area contributed by atoms with Gasteiger partial charge in [-0.2, -0.15) is 0 Å². The van der Waals surface area contributed by atoms with Crippen LogP contribution in [0.25, 0.3) is 0 Å². The minimum absolute atomic E-state index is 0.0480. The van der Waals surface area contributed by atoms with Crippen molar-refractivity contribution in [1.82, 2.24) is 9.55 Å². The number of nitrogens with one attached hydrogen (secondary N) is 1. The van der Waals surface area contributed by atoms with Crippen LogP contribution in [0.2, 0.25) is 0 Å². The van der Waals surface area contributed by atoms with Gasteiger partial charge in [-0.3, -0.25) is 14.3 Å². The van der Waals surface area contributed by atoms with Crippen molar-refractivity contribution >= 4 is 0 Å². The Labute approximate surface area is 91.5 Å². The van der Waals surface area contributed by atoms with E-state index in [9.17, 15) is 9.59 Å². The van der Waals surface area contributed by atoms with Crippen LogP contribution in [0.1, 0.15) is 18.0 Å². The van der Waals surface area contributed by atoms with Crippen LogP contribution < -0.4 is 11.2 Å². The molecule has 1 aliphatic rings. The van der Waals surface area contributed by atoms with Gasteiger partial charge in [-0.05, 0) is 13.3 Å². The number of aromatic amines is 1. The summed E-state index contributed by atoms with van der Waals surface area (Å²) in [5.41, 5.74) is -0.297. The molecule has 0 aromatic carbocycles. The fraction of sp³-hybridized carbons (Fsp3) is 0.600. The van der Waals surface area contributed by atoms with Crippen molar-refractivity contribution in [2.24, 2.45) is 0 Å². The first kappa shape index (κ1) is 11.1. The molecule has 1 saturated heterocycles. The SMILES string of the molecule is Cc1cn([C@@H]2CO[C@H](CO)C2)c(=O)[nH]c1=O. The van der Waals surface area contributed by atoms with E-state index in [4.69, 9.17) is 9.84 Å². The highest BCUT2D eigenvalue weighted by Gasteiger charge is 2.26. The Hall–Kier alpha value is -1.40. The molecular weight excluding hydrogens is 212 g/mol. The van der Waals surface area contributed by atoms with Crippen LogP contribution in [-0.4, -0.2) is 34.0 Å². The monoisotopic (exact) mass is 226 g/mol. The van der Waals surface area contributed by atoms with Crippen LogP contribution >= 0.6 is 0 Å². The third-order valence-corrected chi connectivity index (χ3v) is 2.80. The van der Waals surface area contributed by atoms with Crippen LogP contribution in [0.4, 0.5) is 0 Å². The van der Waals surface area contributed by atoms with Gasteiger partial charge >= 0.3 is 5.69 Å². The minimum Gasteiger partial charge on any atom is -0.394 e. The highest BCUT2D eigenvalue weighted by atomic mass is 16.5. The molecule has 0 aliphatic carbocycles. The van der Waals surface area contributed by atoms with E-state index in [2.05, 4.69) is 4.98 Å². The third kappa shape index (κ3) is 1.94. The summed E-state index contributed by atoms with van der Waals surface area (Å²) in [6.45, 7) is 1.98. The number of aromatic nitrogens is 2. The molecule has 2 N–H and O–H groups in total. The van der Waals surface area contributed by atoms with Crippen LogP contribution in [0.15, 0.2) is 15.8 Å². The van der Waals surface area contributed by atoms with Gasteiger partial charge < -0.3 is 9.84 Å². The number of nitrogens with zero attached hydrogens (tertiary/aromatic N) is 1. The molecular formula is C10H14N2O4. The number of aryl methyl sites for hydroxylation is 1. The molecule has 88 valence electrons. The van der Waals surface area contributed by atoms with Gasteiger partial charge in [0, 0.05) is 11.8 Å². The number of H-pyrrole nitrogens is 1. The van der Waals surface area contributed by atoms with E-state index in [0.29, 0.717) is 18.6 Å². The molecule has 2 atom stereocenters. The lowest BCUT2D eigenvalue weighted by Gasteiger charge is -2.11. The van der Waals surface area contributed by atoms with E-state index in [1.54, 1.807) is 6.92 Å². The van der Waals surface area contributed by atoms with Gasteiger partial charge in [-0.25, -0.2) is 4.79 Å². The first-order valence-corrected chi connectivity index (χ1v) is 5.16. The topological polar surface area (TPSA) is 84.3 Å². The van der Waals surface area contributed by atoms with Crippen LogP contribution in [0, 0.1) is 6.92 Å². The average molecular weight is 226 g/mol. The number of hydrogen-bond acceptors (Lipinski definition) is 4. The highest BCUT2D eigenvalue weighted by molar-refractivity contribution is 5.02. The Morgan fingerprint density at radius 2 is 2.38 bits per heavy atom. The molecule has 1 fully saturated rings. The molecule has 1 aliphatic heterocycles. The zero-order valence-electron chi connectivity index (χ0n) is 8.97. The van der Waals surface area contributed by atoms with Gasteiger partial charge in [0.25, 0.3) is 5.56 Å². The number of ether oxygens (including phenoxy) is 1. The normalized spacial score (nSPS) is 24.9. The molecule has 6 heteroatoms. The summed E-state index contributed by atoms with van der Waals surface area (Å²) in [5.74, 6) is 0. The average Bonchev–Trinajstić information content (AvgIpc) is 2.71. The fourth-order valence-electron chi connectivity index (χ4n) is 1.87. The number of aliphatic hydroxyl groups is 1. The summed E-state index contributed by atoms with van der Waals surface area (Å²) in [4.78, 5) is 25.0. The Morgan fingerprint density at radius 3 is 3.00 bits per heavy atom. The Morgan fingerprint density at radius 1 is 1.62 bits per heavy atom. The van der Waals surface area contributed by atoms with Gasteiger partial charge in [0.05, 0.1) is 25.4 Å². The molecule has 0 radical (unpaired) electrons. The summed E-state index contributed by atoms with van der Waals surface area (Å²) in [6, 6.07) is -0.111. The molecule has 0 spiro atoms. The van der Waals surface area contributed by atoms with Gasteiger partial charge in [-0.15, -0.1) is 0 Å². The molecule has 0 unspecified atom stereocenters. The maximum absolute atomic E-state index is 11.6. The quantitative estimate of drug-likeness (QED) is 0.689. The minimum atomic E-state index is -0.428. The largest absolute Gasteiger partial charge is 0.394 e. The maximum Gasteiger partial charge on any atom is 0.328 e. The van der Waals surface area contributed by atoms with E-state index in [1.165, 1.54) is 10.8 Å². The van der Waals surface area contributed by atoms with E-state index < -0.39 is 5.69 Å². The lowest BCUT2D eigenvalue weighted by atomic mass is 10.2. The predicted molar refractivity (Wildman–Crippen MR) is 56.5 cm³/mol. The van der Waals surface area contributed by atoms with Crippen LogP contribution in [0.3, 0.4) is 0 Å². The van der Waals surface area contributed by atoms with E-state index >= 15 is 0 Å². The highest BCUT2D eigenvalue weighted by Crippen LogP contribution is 2.22. The Balaban J connectivity index is 2.32. The molecule has 1 aromatic rings. The molecule has 2 rings (SSSR count). The molecule has 0 saturated carbocycles. The first-order chi connectivity index (χ1) is 7.61. The van der Waals surface area contributed by atoms with Crippen molar-refractivity contribution in [1.29, 1.82) is 0 Å². The number of hydrogen-bond donors (Lipinski definition) is 2. The van der Waals surface area contributed by atoms with Crippen molar-refractivity contribution in [2.45, 2.75) is 25.5 Å². The van der Waals surface area contributed by atoms with Gasteiger partial charge in [-0.1, -0.05) is 0 Å². The van der Waals surface area contributed by atoms with Gasteiger partial charge in [0.15, 0.2) is 0 Å². The second-order valence-corrected chi connectivity index (χ2v) is 4.01. The lowest BCUT2D eigenvalue weighted by Crippen LogP contribution is -2.33. The second kappa shape index (κ2) is 4.23. The standard InChI is InChI=1S/C10H14N2O4/c1-6-3-12(10(15)11-9(6)14)7-2-8(4-13)16-5-7/h3,7-8,13H,2,4-5H2,1H3,(H,11,14,15)/t7-,8-/m0/s1. The van der Waals surface area contributed by atoms with Crippen molar-refractivity contribution in [3.8, 4) is 0 Å². The molecule has 2 heterocycles. The summed E-state index contributed by atoms with van der Waals surface area (Å²) >= 11 is 0. The Kier molecular flexibility index (Phi) is 2.93. The van der Waals surface area contributed by atoms with Gasteiger partial charge in [0.2, 0.25) is 0 Å². The third-order valence-electron chi connectivity index (χ3n) is 2.80. The van der Waals surface area contributed by atoms with Crippen LogP contribution in [-0.2, 0) is 4.74 Å². The molecule has 1 aromatic heterocycles. The number of rotatable bonds is 2. The van der Waals surface area contributed by atoms with Crippen molar-refractivity contribution < 1.29 is 9.84 Å². The smallest absolute Gasteiger partial charge is 0.328 e. The zero-order valence-corrected chi connectivity index (χ0v) is 8.97. The van der Waals surface area contributed by atoms with E-state index in [-0.39, 0.29) is 24.3 Å². The summed E-state index contributed by atoms with van der Waals surface area (Å²) in [5, 5.41) is 8.93. The lowest BCUT2D eigenvalue weighted by molar-refractivity contribution is 0.0574. The van der Waals surface area contributed by atoms with Crippen molar-refractivity contribution in [3.63, 3.8) is 0 Å².